The summed E-state index contributed by atoms with van der Waals surface area (Å²) in [5.41, 5.74) is 0. The Bertz CT molecular complexity index is 1850. The highest BCUT2D eigenvalue weighted by atomic mass is 16.7. The zero-order valence-electron chi connectivity index (χ0n) is 47.4. The average molecular weight is 1070 g/mol. The van der Waals surface area contributed by atoms with Crippen molar-refractivity contribution in [3.8, 4) is 0 Å². The molecule has 0 aromatic carbocycles. The summed E-state index contributed by atoms with van der Waals surface area (Å²) in [7, 11) is 0. The zero-order chi connectivity index (χ0) is 56.1. The fraction of sp³-hybridized carbons (Fsp3) is 0.600. The van der Waals surface area contributed by atoms with Gasteiger partial charge in [-0.1, -0.05) is 193 Å². The van der Waals surface area contributed by atoms with E-state index in [1.807, 2.05) is 12.2 Å². The van der Waals surface area contributed by atoms with E-state index in [0.29, 0.717) is 25.7 Å². The molecule has 0 aromatic rings. The number of carbonyl (C=O) groups excluding carboxylic acids is 3. The third-order valence-electron chi connectivity index (χ3n) is 12.2. The Kier molecular flexibility index (Phi) is 46.8. The average Bonchev–Trinajstić information content (AvgIpc) is 3.42. The third kappa shape index (κ3) is 41.6. The van der Waals surface area contributed by atoms with Crippen LogP contribution >= 0.6 is 0 Å². The van der Waals surface area contributed by atoms with E-state index in [4.69, 9.17) is 23.7 Å². The Labute approximate surface area is 464 Å². The summed E-state index contributed by atoms with van der Waals surface area (Å²) in [6, 6.07) is 0. The number of unbranched alkanes of at least 4 members (excludes halogenated alkanes) is 11. The normalized spacial score (nSPS) is 19.0. The lowest BCUT2D eigenvalue weighted by Crippen LogP contribution is -2.61. The number of esters is 3. The second kappa shape index (κ2) is 51.6. The van der Waals surface area contributed by atoms with Crippen LogP contribution in [0.3, 0.4) is 0 Å². The smallest absolute Gasteiger partial charge is 0.335 e. The number of rotatable bonds is 47. The second-order valence-electron chi connectivity index (χ2n) is 19.1. The Balaban J connectivity index is 2.75. The first-order valence-electron chi connectivity index (χ1n) is 29.2. The number of carboxylic acid groups (broad SMARTS) is 1. The van der Waals surface area contributed by atoms with Crippen LogP contribution in [0.15, 0.2) is 134 Å². The van der Waals surface area contributed by atoms with E-state index in [1.165, 1.54) is 0 Å². The quantitative estimate of drug-likeness (QED) is 0.0228. The van der Waals surface area contributed by atoms with Crippen molar-refractivity contribution in [1.29, 1.82) is 0 Å². The van der Waals surface area contributed by atoms with Crippen LogP contribution in [0.5, 0.6) is 0 Å². The molecular formula is C65H100O12. The van der Waals surface area contributed by atoms with Crippen LogP contribution in [0.4, 0.5) is 0 Å². The summed E-state index contributed by atoms with van der Waals surface area (Å²) in [5.74, 6) is -3.27. The number of aliphatic carboxylic acids is 1. The van der Waals surface area contributed by atoms with Gasteiger partial charge in [-0.25, -0.2) is 4.79 Å². The number of hydrogen-bond donors (Lipinski definition) is 3. The first-order chi connectivity index (χ1) is 37.6. The molecule has 0 saturated carbocycles. The molecule has 0 spiro atoms. The summed E-state index contributed by atoms with van der Waals surface area (Å²) in [4.78, 5) is 51.1. The lowest BCUT2D eigenvalue weighted by atomic mass is 9.98. The zero-order valence-corrected chi connectivity index (χ0v) is 47.4. The van der Waals surface area contributed by atoms with Gasteiger partial charge in [-0.2, -0.15) is 0 Å². The van der Waals surface area contributed by atoms with Gasteiger partial charge in [-0.3, -0.25) is 14.4 Å². The molecular weight excluding hydrogens is 973 g/mol. The van der Waals surface area contributed by atoms with Gasteiger partial charge in [0.15, 0.2) is 24.6 Å². The van der Waals surface area contributed by atoms with E-state index in [1.54, 1.807) is 0 Å². The van der Waals surface area contributed by atoms with Crippen LogP contribution in [0.25, 0.3) is 0 Å². The fourth-order valence-electron chi connectivity index (χ4n) is 7.84. The van der Waals surface area contributed by atoms with Crippen LogP contribution in [0.2, 0.25) is 0 Å². The van der Waals surface area contributed by atoms with Crippen molar-refractivity contribution in [1.82, 2.24) is 0 Å². The molecule has 12 nitrogen and oxygen atoms in total. The summed E-state index contributed by atoms with van der Waals surface area (Å²) in [5, 5.41) is 31.5. The Morgan fingerprint density at radius 2 is 0.792 bits per heavy atom. The maximum absolute atomic E-state index is 13.1. The van der Waals surface area contributed by atoms with Crippen LogP contribution in [0.1, 0.15) is 201 Å². The molecule has 1 rings (SSSR count). The fourth-order valence-corrected chi connectivity index (χ4v) is 7.84. The first kappa shape index (κ1) is 69.9. The molecule has 0 aromatic heterocycles. The van der Waals surface area contributed by atoms with Crippen LogP contribution in [-0.2, 0) is 42.9 Å². The third-order valence-corrected chi connectivity index (χ3v) is 12.2. The lowest BCUT2D eigenvalue weighted by molar-refractivity contribution is -0.301. The highest BCUT2D eigenvalue weighted by Crippen LogP contribution is 2.26. The Morgan fingerprint density at radius 1 is 0.429 bits per heavy atom. The minimum Gasteiger partial charge on any atom is -0.479 e. The highest BCUT2D eigenvalue weighted by Gasteiger charge is 2.50. The summed E-state index contributed by atoms with van der Waals surface area (Å²) < 4.78 is 28.3. The molecule has 1 aliphatic heterocycles. The number of aliphatic hydroxyl groups is 2. The van der Waals surface area contributed by atoms with Crippen molar-refractivity contribution in [2.24, 2.45) is 0 Å². The molecule has 3 N–H and O–H groups in total. The lowest BCUT2D eigenvalue weighted by Gasteiger charge is -2.40. The largest absolute Gasteiger partial charge is 0.479 e. The van der Waals surface area contributed by atoms with E-state index in [0.717, 1.165) is 135 Å². The van der Waals surface area contributed by atoms with Crippen molar-refractivity contribution in [2.75, 3.05) is 13.2 Å². The van der Waals surface area contributed by atoms with Crippen LogP contribution < -0.4 is 0 Å². The predicted octanol–water partition coefficient (Wildman–Crippen LogP) is 15.0. The van der Waals surface area contributed by atoms with E-state index >= 15 is 0 Å². The summed E-state index contributed by atoms with van der Waals surface area (Å²) in [6.45, 7) is 5.57. The Hall–Kier alpha value is -5.14. The van der Waals surface area contributed by atoms with Gasteiger partial charge < -0.3 is 39.0 Å². The van der Waals surface area contributed by atoms with Crippen LogP contribution in [0, 0.1) is 0 Å². The molecule has 6 unspecified atom stereocenters. The van der Waals surface area contributed by atoms with Crippen molar-refractivity contribution >= 4 is 23.9 Å². The molecule has 432 valence electrons. The SMILES string of the molecule is CC/C=C\C/C=C\C/C=C\C/C=C\C/C=C\CCCC(=O)OC1C(OCC(COC(=O)CCCCCCCCC/C=C\C/C=C\C/C=C\CC)OC(=O)CCCCC/C=C\C/C=C\C/C=C\CC)OC(C(=O)O)C(O)C1O. The molecule has 0 aliphatic carbocycles. The van der Waals surface area contributed by atoms with Gasteiger partial charge in [-0.15, -0.1) is 0 Å². The van der Waals surface area contributed by atoms with Crippen LogP contribution in [-0.4, -0.2) is 89.2 Å². The highest BCUT2D eigenvalue weighted by molar-refractivity contribution is 5.74. The first-order valence-corrected chi connectivity index (χ1v) is 29.2. The van der Waals surface area contributed by atoms with Gasteiger partial charge >= 0.3 is 23.9 Å². The Morgan fingerprint density at radius 3 is 1.23 bits per heavy atom. The molecule has 77 heavy (non-hydrogen) atoms. The predicted molar refractivity (Wildman–Crippen MR) is 312 cm³/mol. The molecule has 6 atom stereocenters. The van der Waals surface area contributed by atoms with Crippen molar-refractivity contribution in [3.63, 3.8) is 0 Å². The van der Waals surface area contributed by atoms with E-state index in [9.17, 15) is 34.5 Å². The number of aliphatic hydroxyl groups excluding tert-OH is 2. The number of hydrogen-bond acceptors (Lipinski definition) is 11. The topological polar surface area (TPSA) is 175 Å². The van der Waals surface area contributed by atoms with Crippen molar-refractivity contribution in [3.05, 3.63) is 134 Å². The molecule has 0 bridgehead atoms. The van der Waals surface area contributed by atoms with Gasteiger partial charge in [0.2, 0.25) is 0 Å². The monoisotopic (exact) mass is 1070 g/mol. The van der Waals surface area contributed by atoms with Gasteiger partial charge in [-0.05, 0) is 122 Å². The number of ether oxygens (including phenoxy) is 5. The van der Waals surface area contributed by atoms with Gasteiger partial charge in [0.1, 0.15) is 18.8 Å². The molecule has 1 heterocycles. The van der Waals surface area contributed by atoms with Gasteiger partial charge in [0, 0.05) is 19.3 Å². The summed E-state index contributed by atoms with van der Waals surface area (Å²) in [6.07, 6.45) is 60.0. The van der Waals surface area contributed by atoms with Gasteiger partial charge in [0.05, 0.1) is 6.61 Å². The van der Waals surface area contributed by atoms with Crippen molar-refractivity contribution in [2.45, 2.75) is 237 Å². The molecule has 0 radical (unpaired) electrons. The second-order valence-corrected chi connectivity index (χ2v) is 19.1. The molecule has 1 aliphatic rings. The molecule has 12 heteroatoms. The number of carboxylic acids is 1. The minimum absolute atomic E-state index is 0.0298. The minimum atomic E-state index is -1.94. The molecule has 1 saturated heterocycles. The molecule has 1 fully saturated rings. The van der Waals surface area contributed by atoms with E-state index in [2.05, 4.69) is 142 Å². The van der Waals surface area contributed by atoms with E-state index < -0.39 is 67.3 Å². The van der Waals surface area contributed by atoms with Crippen molar-refractivity contribution < 1.29 is 58.2 Å². The summed E-state index contributed by atoms with van der Waals surface area (Å²) >= 11 is 0. The standard InChI is InChI=1S/C65H100O12/c1-4-7-10-13-16-19-22-25-27-29-31-34-36-39-42-45-48-51-57(66)73-54-56(75-58(67)52-49-46-43-40-37-33-24-21-18-15-12-9-6-3)55-74-65-63(61(70)60(69)62(77-65)64(71)72)76-59(68)53-50-47-44-41-38-35-32-30-28-26-23-20-17-14-11-8-5-2/h7-12,16-21,25-28,32-33,35,37,41,44,56,60-63,65,69-70H,4-6,13-15,22-24,29-31,34,36,38-40,42-43,45-55H2,1-3H3,(H,71,72)/b10-7-,11-8-,12-9-,19-16-,20-17-,21-18-,27-25-,28-26-,35-32-,37-33-,44-41-. The number of allylic oxidation sites excluding steroid dienone is 22. The molecule has 0 amide bonds. The number of carbonyl (C=O) groups is 4. The maximum Gasteiger partial charge on any atom is 0.335 e. The van der Waals surface area contributed by atoms with Gasteiger partial charge in [0.25, 0.3) is 0 Å². The maximum atomic E-state index is 13.1. The van der Waals surface area contributed by atoms with E-state index in [-0.39, 0.29) is 25.9 Å².